The molecular formula is C23H26ClN7O3. The van der Waals surface area contributed by atoms with Gasteiger partial charge in [-0.05, 0) is 49.5 Å². The number of halogens is 1. The van der Waals surface area contributed by atoms with Crippen LogP contribution in [0.25, 0.3) is 5.69 Å². The smallest absolute Gasteiger partial charge is 0.238 e. The molecule has 1 aliphatic heterocycles. The number of carbonyl (C=O) groups is 2. The van der Waals surface area contributed by atoms with Gasteiger partial charge in [-0.1, -0.05) is 11.6 Å². The number of hydrogen-bond acceptors (Lipinski definition) is 7. The monoisotopic (exact) mass is 483 g/mol. The molecule has 0 unspecified atom stereocenters. The SMILES string of the molecule is CN(CC(=O)Nc1ccc(N2CCOCC2)cc1)CC(=O)Nc1cc(Cl)ccc1-n1cncn1. The summed E-state index contributed by atoms with van der Waals surface area (Å²) in [6, 6.07) is 12.8. The average Bonchev–Trinajstić information content (AvgIpc) is 3.34. The fourth-order valence-corrected chi connectivity index (χ4v) is 3.83. The van der Waals surface area contributed by atoms with Crippen molar-refractivity contribution in [2.24, 2.45) is 0 Å². The summed E-state index contributed by atoms with van der Waals surface area (Å²) >= 11 is 6.10. The molecule has 2 N–H and O–H groups in total. The van der Waals surface area contributed by atoms with Crippen molar-refractivity contribution in [1.29, 1.82) is 0 Å². The number of likely N-dealkylation sites (N-methyl/N-ethyl adjacent to an activating group) is 1. The number of amides is 2. The maximum atomic E-state index is 12.6. The van der Waals surface area contributed by atoms with Gasteiger partial charge in [-0.3, -0.25) is 14.5 Å². The Balaban J connectivity index is 1.28. The molecule has 1 aromatic heterocycles. The Morgan fingerprint density at radius 1 is 1.06 bits per heavy atom. The lowest BCUT2D eigenvalue weighted by atomic mass is 10.2. The molecule has 2 aromatic carbocycles. The van der Waals surface area contributed by atoms with E-state index in [4.69, 9.17) is 16.3 Å². The van der Waals surface area contributed by atoms with E-state index in [0.717, 1.165) is 32.0 Å². The number of morpholine rings is 1. The lowest BCUT2D eigenvalue weighted by Crippen LogP contribution is -2.36. The minimum atomic E-state index is -0.284. The van der Waals surface area contributed by atoms with E-state index in [2.05, 4.69) is 25.6 Å². The second-order valence-electron chi connectivity index (χ2n) is 7.92. The number of nitrogens with zero attached hydrogens (tertiary/aromatic N) is 5. The summed E-state index contributed by atoms with van der Waals surface area (Å²) in [5.74, 6) is -0.491. The summed E-state index contributed by atoms with van der Waals surface area (Å²) in [4.78, 5) is 32.9. The number of anilines is 3. The van der Waals surface area contributed by atoms with Crippen LogP contribution in [0.1, 0.15) is 0 Å². The normalized spacial score (nSPS) is 13.7. The molecule has 3 aromatic rings. The zero-order valence-corrected chi connectivity index (χ0v) is 19.5. The van der Waals surface area contributed by atoms with Gasteiger partial charge in [-0.25, -0.2) is 9.67 Å². The number of ether oxygens (including phenoxy) is 1. The Kier molecular flexibility index (Phi) is 7.73. The van der Waals surface area contributed by atoms with E-state index in [1.54, 1.807) is 30.1 Å². The standard InChI is InChI=1S/C23H26ClN7O3/c1-29(13-22(32)27-18-3-5-19(6-4-18)30-8-10-34-11-9-30)14-23(33)28-20-12-17(24)2-7-21(20)31-16-25-15-26-31/h2-7,12,15-16H,8-11,13-14H2,1H3,(H,27,32)(H,28,33). The first-order chi connectivity index (χ1) is 16.5. The molecule has 0 atom stereocenters. The highest BCUT2D eigenvalue weighted by Gasteiger charge is 2.15. The van der Waals surface area contributed by atoms with E-state index >= 15 is 0 Å². The average molecular weight is 484 g/mol. The van der Waals surface area contributed by atoms with E-state index in [9.17, 15) is 9.59 Å². The van der Waals surface area contributed by atoms with E-state index in [0.29, 0.717) is 22.1 Å². The Morgan fingerprint density at radius 3 is 2.44 bits per heavy atom. The third-order valence-electron chi connectivity index (χ3n) is 5.25. The molecule has 34 heavy (non-hydrogen) atoms. The maximum absolute atomic E-state index is 12.6. The van der Waals surface area contributed by atoms with Crippen LogP contribution in [-0.4, -0.2) is 77.9 Å². The van der Waals surface area contributed by atoms with E-state index in [1.165, 1.54) is 17.3 Å². The van der Waals surface area contributed by atoms with E-state index < -0.39 is 0 Å². The van der Waals surface area contributed by atoms with Gasteiger partial charge in [0.1, 0.15) is 12.7 Å². The minimum Gasteiger partial charge on any atom is -0.378 e. The van der Waals surface area contributed by atoms with Crippen LogP contribution in [0.2, 0.25) is 5.02 Å². The molecule has 1 saturated heterocycles. The highest BCUT2D eigenvalue weighted by Crippen LogP contribution is 2.24. The van der Waals surface area contributed by atoms with Crippen molar-refractivity contribution in [1.82, 2.24) is 19.7 Å². The topological polar surface area (TPSA) is 105 Å². The zero-order chi connectivity index (χ0) is 23.9. The van der Waals surface area contributed by atoms with Crippen LogP contribution in [-0.2, 0) is 14.3 Å². The van der Waals surface area contributed by atoms with Crippen LogP contribution in [0.3, 0.4) is 0 Å². The van der Waals surface area contributed by atoms with Gasteiger partial charge in [0.2, 0.25) is 11.8 Å². The first kappa shape index (κ1) is 23.7. The summed E-state index contributed by atoms with van der Waals surface area (Å²) in [5.41, 5.74) is 2.94. The van der Waals surface area contributed by atoms with Crippen molar-refractivity contribution in [2.75, 3.05) is 62.0 Å². The molecule has 1 fully saturated rings. The van der Waals surface area contributed by atoms with Gasteiger partial charge in [0, 0.05) is 29.5 Å². The first-order valence-corrected chi connectivity index (χ1v) is 11.2. The van der Waals surface area contributed by atoms with Crippen LogP contribution in [0.4, 0.5) is 17.1 Å². The molecule has 178 valence electrons. The molecule has 2 amide bonds. The van der Waals surface area contributed by atoms with Crippen LogP contribution in [0.15, 0.2) is 55.1 Å². The van der Waals surface area contributed by atoms with Gasteiger partial charge in [0.15, 0.2) is 0 Å². The van der Waals surface area contributed by atoms with Crippen LogP contribution >= 0.6 is 11.6 Å². The highest BCUT2D eigenvalue weighted by molar-refractivity contribution is 6.31. The molecular weight excluding hydrogens is 458 g/mol. The van der Waals surface area contributed by atoms with E-state index in [-0.39, 0.29) is 24.9 Å². The van der Waals surface area contributed by atoms with Gasteiger partial charge >= 0.3 is 0 Å². The van der Waals surface area contributed by atoms with Crippen molar-refractivity contribution in [3.63, 3.8) is 0 Å². The third kappa shape index (κ3) is 6.31. The van der Waals surface area contributed by atoms with Crippen molar-refractivity contribution < 1.29 is 14.3 Å². The number of carbonyl (C=O) groups excluding carboxylic acids is 2. The second-order valence-corrected chi connectivity index (χ2v) is 8.35. The second kappa shape index (κ2) is 11.1. The van der Waals surface area contributed by atoms with E-state index in [1.807, 2.05) is 24.3 Å². The summed E-state index contributed by atoms with van der Waals surface area (Å²) < 4.78 is 6.91. The molecule has 2 heterocycles. The van der Waals surface area contributed by atoms with Gasteiger partial charge in [-0.2, -0.15) is 5.10 Å². The van der Waals surface area contributed by atoms with Gasteiger partial charge < -0.3 is 20.3 Å². The summed E-state index contributed by atoms with van der Waals surface area (Å²) in [5, 5.41) is 10.3. The number of nitrogens with one attached hydrogen (secondary N) is 2. The Morgan fingerprint density at radius 2 is 1.76 bits per heavy atom. The zero-order valence-electron chi connectivity index (χ0n) is 18.8. The number of rotatable bonds is 8. The maximum Gasteiger partial charge on any atom is 0.238 e. The molecule has 0 bridgehead atoms. The predicted octanol–water partition coefficient (Wildman–Crippen LogP) is 2.27. The Bertz CT molecular complexity index is 1120. The lowest BCUT2D eigenvalue weighted by Gasteiger charge is -2.28. The van der Waals surface area contributed by atoms with Gasteiger partial charge in [0.25, 0.3) is 0 Å². The minimum absolute atomic E-state index is 0.0205. The molecule has 10 nitrogen and oxygen atoms in total. The third-order valence-corrected chi connectivity index (χ3v) is 5.49. The predicted molar refractivity (Wildman–Crippen MR) is 131 cm³/mol. The molecule has 0 aliphatic carbocycles. The Hall–Kier alpha value is -3.47. The number of benzene rings is 2. The van der Waals surface area contributed by atoms with Crippen LogP contribution < -0.4 is 15.5 Å². The molecule has 4 rings (SSSR count). The van der Waals surface area contributed by atoms with Crippen molar-refractivity contribution >= 4 is 40.5 Å². The van der Waals surface area contributed by atoms with Crippen molar-refractivity contribution in [3.8, 4) is 5.69 Å². The molecule has 11 heteroatoms. The van der Waals surface area contributed by atoms with Gasteiger partial charge in [-0.15, -0.1) is 0 Å². The number of hydrogen-bond donors (Lipinski definition) is 2. The quantitative estimate of drug-likeness (QED) is 0.506. The Labute approximate surface area is 202 Å². The van der Waals surface area contributed by atoms with Crippen LogP contribution in [0.5, 0.6) is 0 Å². The molecule has 1 aliphatic rings. The highest BCUT2D eigenvalue weighted by atomic mass is 35.5. The van der Waals surface area contributed by atoms with Gasteiger partial charge in [0.05, 0.1) is 37.7 Å². The first-order valence-electron chi connectivity index (χ1n) is 10.8. The molecule has 0 saturated carbocycles. The van der Waals surface area contributed by atoms with Crippen molar-refractivity contribution in [3.05, 3.63) is 60.1 Å². The summed E-state index contributed by atoms with van der Waals surface area (Å²) in [6.07, 6.45) is 2.94. The summed E-state index contributed by atoms with van der Waals surface area (Å²) in [6.45, 7) is 3.23. The lowest BCUT2D eigenvalue weighted by molar-refractivity contribution is -0.119. The largest absolute Gasteiger partial charge is 0.378 e. The fraction of sp³-hybridized carbons (Fsp3) is 0.304. The fourth-order valence-electron chi connectivity index (χ4n) is 3.65. The van der Waals surface area contributed by atoms with Crippen molar-refractivity contribution in [2.45, 2.75) is 0 Å². The molecule has 0 radical (unpaired) electrons. The number of aromatic nitrogens is 3. The van der Waals surface area contributed by atoms with Crippen LogP contribution in [0, 0.1) is 0 Å². The molecule has 0 spiro atoms. The summed E-state index contributed by atoms with van der Waals surface area (Å²) in [7, 11) is 1.71.